The molecule has 2 heterocycles. The van der Waals surface area contributed by atoms with Gasteiger partial charge in [0.15, 0.2) is 0 Å². The van der Waals surface area contributed by atoms with E-state index in [-0.39, 0.29) is 0 Å². The predicted octanol–water partition coefficient (Wildman–Crippen LogP) is 4.88. The first-order chi connectivity index (χ1) is 17.6. The summed E-state index contributed by atoms with van der Waals surface area (Å²) in [6.45, 7) is 0.639. The van der Waals surface area contributed by atoms with Gasteiger partial charge < -0.3 is 0 Å². The minimum absolute atomic E-state index is 0.406. The number of amides is 1. The molecule has 0 unspecified atom stereocenters. The van der Waals surface area contributed by atoms with E-state index < -0.39 is 5.91 Å². The van der Waals surface area contributed by atoms with Crippen LogP contribution in [-0.4, -0.2) is 30.7 Å². The van der Waals surface area contributed by atoms with Crippen molar-refractivity contribution in [2.45, 2.75) is 19.4 Å². The summed E-state index contributed by atoms with van der Waals surface area (Å²) < 4.78 is 3.99. The number of nitrogens with zero attached hydrogens (tertiary/aromatic N) is 4. The van der Waals surface area contributed by atoms with Gasteiger partial charge in [-0.2, -0.15) is 10.2 Å². The van der Waals surface area contributed by atoms with Crippen molar-refractivity contribution in [3.8, 4) is 33.6 Å². The number of rotatable bonds is 5. The highest BCUT2D eigenvalue weighted by molar-refractivity contribution is 5.94. The zero-order chi connectivity index (χ0) is 24.6. The van der Waals surface area contributed by atoms with Crippen LogP contribution in [0, 0.1) is 0 Å². The number of benzene rings is 3. The molecule has 0 saturated carbocycles. The van der Waals surface area contributed by atoms with Gasteiger partial charge in [-0.3, -0.25) is 19.4 Å². The van der Waals surface area contributed by atoms with E-state index in [4.69, 9.17) is 10.3 Å². The Balaban J connectivity index is 1.36. The van der Waals surface area contributed by atoms with E-state index in [1.807, 2.05) is 23.9 Å². The lowest BCUT2D eigenvalue weighted by Crippen LogP contribution is -2.18. The molecule has 7 nitrogen and oxygen atoms in total. The van der Waals surface area contributed by atoms with Gasteiger partial charge in [-0.25, -0.2) is 5.48 Å². The number of fused-ring (bicyclic) bond motifs is 3. The van der Waals surface area contributed by atoms with Crippen LogP contribution in [0.25, 0.3) is 33.6 Å². The molecule has 178 valence electrons. The summed E-state index contributed by atoms with van der Waals surface area (Å²) in [5.74, 6) is -0.527. The van der Waals surface area contributed by atoms with E-state index in [1.165, 1.54) is 5.56 Å². The average molecular weight is 476 g/mol. The van der Waals surface area contributed by atoms with Crippen LogP contribution >= 0.6 is 0 Å². The van der Waals surface area contributed by atoms with Crippen LogP contribution in [-0.2, 0) is 26.4 Å². The molecule has 2 aromatic heterocycles. The second-order valence-electron chi connectivity index (χ2n) is 9.08. The van der Waals surface area contributed by atoms with E-state index in [2.05, 4.69) is 64.5 Å². The smallest absolute Gasteiger partial charge is 0.274 e. The molecule has 0 fully saturated rings. The molecule has 5 aromatic rings. The zero-order valence-electron chi connectivity index (χ0n) is 19.8. The van der Waals surface area contributed by atoms with Crippen LogP contribution in [0.5, 0.6) is 0 Å². The summed E-state index contributed by atoms with van der Waals surface area (Å²) in [4.78, 5) is 11.8. The Hall–Kier alpha value is -4.49. The molecule has 0 spiro atoms. The SMILES string of the molecule is Cn1cc2c(n1)CCc1c-2nn(Cc2ccc(-c3cccc(C(=O)NO)c3)cc2)c1-c1ccccc1. The normalized spacial score (nSPS) is 12.2. The Kier molecular flexibility index (Phi) is 5.47. The molecule has 1 aliphatic rings. The molecule has 0 bridgehead atoms. The first kappa shape index (κ1) is 22.0. The molecule has 1 amide bonds. The molecule has 1 aliphatic carbocycles. The van der Waals surface area contributed by atoms with Gasteiger partial charge in [0.2, 0.25) is 0 Å². The second kappa shape index (κ2) is 8.94. The molecular formula is C29H25N5O2. The number of hydrogen-bond donors (Lipinski definition) is 2. The van der Waals surface area contributed by atoms with E-state index >= 15 is 0 Å². The Morgan fingerprint density at radius 1 is 0.917 bits per heavy atom. The predicted molar refractivity (Wildman–Crippen MR) is 138 cm³/mol. The van der Waals surface area contributed by atoms with Crippen LogP contribution in [0.2, 0.25) is 0 Å². The Morgan fingerprint density at radius 3 is 2.47 bits per heavy atom. The van der Waals surface area contributed by atoms with Crippen molar-refractivity contribution in [2.24, 2.45) is 7.05 Å². The lowest BCUT2D eigenvalue weighted by atomic mass is 9.92. The summed E-state index contributed by atoms with van der Waals surface area (Å²) >= 11 is 0. The first-order valence-electron chi connectivity index (χ1n) is 11.9. The highest BCUT2D eigenvalue weighted by Crippen LogP contribution is 2.38. The van der Waals surface area contributed by atoms with Gasteiger partial charge in [-0.15, -0.1) is 0 Å². The average Bonchev–Trinajstić information content (AvgIpc) is 3.48. The highest BCUT2D eigenvalue weighted by atomic mass is 16.5. The molecule has 7 heteroatoms. The van der Waals surface area contributed by atoms with E-state index in [1.54, 1.807) is 23.7 Å². The lowest BCUT2D eigenvalue weighted by Gasteiger charge is -2.13. The molecule has 6 rings (SSSR count). The standard InChI is InChI=1S/C29H25N5O2/c1-33-18-25-26(30-33)15-14-24-27(25)31-34(28(24)21-6-3-2-4-7-21)17-19-10-12-20(13-11-19)22-8-5-9-23(16-22)29(35)32-36/h2-13,16,18,36H,14-15,17H2,1H3,(H,32,35). The fourth-order valence-corrected chi connectivity index (χ4v) is 5.03. The van der Waals surface area contributed by atoms with Gasteiger partial charge in [-0.05, 0) is 41.7 Å². The number of aromatic nitrogens is 4. The summed E-state index contributed by atoms with van der Waals surface area (Å²) in [5, 5.41) is 18.7. The van der Waals surface area contributed by atoms with Crippen molar-refractivity contribution < 1.29 is 10.0 Å². The maximum atomic E-state index is 11.8. The summed E-state index contributed by atoms with van der Waals surface area (Å²) in [7, 11) is 1.96. The highest BCUT2D eigenvalue weighted by Gasteiger charge is 2.27. The lowest BCUT2D eigenvalue weighted by molar-refractivity contribution is 0.0706. The Morgan fingerprint density at radius 2 is 1.69 bits per heavy atom. The van der Waals surface area contributed by atoms with Crippen LogP contribution in [0.4, 0.5) is 0 Å². The van der Waals surface area contributed by atoms with Crippen LogP contribution < -0.4 is 5.48 Å². The van der Waals surface area contributed by atoms with Gasteiger partial charge in [0.1, 0.15) is 0 Å². The third-order valence-electron chi connectivity index (χ3n) is 6.72. The molecular weight excluding hydrogens is 450 g/mol. The van der Waals surface area contributed by atoms with Crippen molar-refractivity contribution in [2.75, 3.05) is 0 Å². The quantitative estimate of drug-likeness (QED) is 0.280. The number of hydrogen-bond acceptors (Lipinski definition) is 4. The van der Waals surface area contributed by atoms with Gasteiger partial charge >= 0.3 is 0 Å². The number of carbonyl (C=O) groups is 1. The molecule has 0 atom stereocenters. The van der Waals surface area contributed by atoms with Crippen LogP contribution in [0.15, 0.2) is 85.1 Å². The summed E-state index contributed by atoms with van der Waals surface area (Å²) in [6.07, 6.45) is 3.90. The van der Waals surface area contributed by atoms with Crippen molar-refractivity contribution in [1.29, 1.82) is 0 Å². The minimum atomic E-state index is -0.527. The monoisotopic (exact) mass is 475 g/mol. The van der Waals surface area contributed by atoms with Crippen LogP contribution in [0.1, 0.15) is 27.2 Å². The topological polar surface area (TPSA) is 85.0 Å². The van der Waals surface area contributed by atoms with Crippen molar-refractivity contribution >= 4 is 5.91 Å². The maximum absolute atomic E-state index is 11.8. The summed E-state index contributed by atoms with van der Waals surface area (Å²) in [6, 6.07) is 25.9. The third-order valence-corrected chi connectivity index (χ3v) is 6.72. The van der Waals surface area contributed by atoms with Gasteiger partial charge in [0.05, 0.1) is 23.6 Å². The number of aryl methyl sites for hydroxylation is 2. The van der Waals surface area contributed by atoms with Crippen LogP contribution in [0.3, 0.4) is 0 Å². The van der Waals surface area contributed by atoms with Crippen molar-refractivity contribution in [3.63, 3.8) is 0 Å². The molecule has 3 aromatic carbocycles. The molecule has 2 N–H and O–H groups in total. The number of carbonyl (C=O) groups excluding carboxylic acids is 1. The molecule has 0 aliphatic heterocycles. The van der Waals surface area contributed by atoms with E-state index in [9.17, 15) is 4.79 Å². The van der Waals surface area contributed by atoms with Gasteiger partial charge in [-0.1, -0.05) is 66.7 Å². The second-order valence-corrected chi connectivity index (χ2v) is 9.08. The summed E-state index contributed by atoms with van der Waals surface area (Å²) in [5.41, 5.74) is 12.0. The zero-order valence-corrected chi connectivity index (χ0v) is 19.8. The molecule has 0 radical (unpaired) electrons. The number of hydroxylamine groups is 1. The van der Waals surface area contributed by atoms with Gasteiger partial charge in [0, 0.05) is 35.5 Å². The Bertz CT molecular complexity index is 1570. The van der Waals surface area contributed by atoms with E-state index in [0.29, 0.717) is 12.1 Å². The molecule has 36 heavy (non-hydrogen) atoms. The third kappa shape index (κ3) is 3.89. The van der Waals surface area contributed by atoms with Crippen molar-refractivity contribution in [1.82, 2.24) is 25.0 Å². The number of nitrogens with one attached hydrogen (secondary N) is 1. The first-order valence-corrected chi connectivity index (χ1v) is 11.9. The molecule has 0 saturated heterocycles. The Labute approximate surface area is 208 Å². The largest absolute Gasteiger partial charge is 0.288 e. The van der Waals surface area contributed by atoms with Gasteiger partial charge in [0.25, 0.3) is 5.91 Å². The maximum Gasteiger partial charge on any atom is 0.274 e. The minimum Gasteiger partial charge on any atom is -0.288 e. The van der Waals surface area contributed by atoms with Crippen molar-refractivity contribution in [3.05, 3.63) is 107 Å². The fourth-order valence-electron chi connectivity index (χ4n) is 5.03. The fraction of sp³-hybridized carbons (Fsp3) is 0.138. The van der Waals surface area contributed by atoms with E-state index in [0.717, 1.165) is 57.7 Å².